The minimum absolute atomic E-state index is 0.0103. The molecule has 250 valence electrons. The molecule has 2 nitrogen and oxygen atoms in total. The van der Waals surface area contributed by atoms with Crippen molar-refractivity contribution in [2.75, 3.05) is 0 Å². The number of furan rings is 1. The molecular weight excluding hydrogens is 631 g/mol. The van der Waals surface area contributed by atoms with Crippen LogP contribution in [0.5, 0.6) is 0 Å². The zero-order valence-electron chi connectivity index (χ0n) is 29.5. The number of nitrogens with zero attached hydrogens (tertiary/aromatic N) is 1. The topological polar surface area (TPSA) is 25.5 Å². The molecule has 0 spiro atoms. The summed E-state index contributed by atoms with van der Waals surface area (Å²) >= 11 is 0. The Morgan fingerprint density at radius 2 is 1.29 bits per heavy atom. The van der Waals surface area contributed by atoms with Gasteiger partial charge in [0.2, 0.25) is 0 Å². The highest BCUT2D eigenvalue weighted by molar-refractivity contribution is 6.34. The second-order valence-corrected chi connectivity index (χ2v) is 14.5. The van der Waals surface area contributed by atoms with E-state index in [-0.39, 0.29) is 17.9 Å². The summed E-state index contributed by atoms with van der Waals surface area (Å²) in [4.78, 5) is 5.78. The van der Waals surface area contributed by atoms with Gasteiger partial charge in [-0.3, -0.25) is 4.99 Å². The van der Waals surface area contributed by atoms with Crippen LogP contribution in [0.15, 0.2) is 167 Å². The Hall–Kier alpha value is -5.99. The molecule has 0 N–H and O–H groups in total. The molecule has 0 saturated heterocycles. The van der Waals surface area contributed by atoms with Crippen molar-refractivity contribution >= 4 is 65.5 Å². The van der Waals surface area contributed by atoms with E-state index in [4.69, 9.17) is 9.41 Å². The number of fused-ring (bicyclic) bond motifs is 4. The Morgan fingerprint density at radius 3 is 2.08 bits per heavy atom. The molecule has 3 atom stereocenters. The third kappa shape index (κ3) is 4.89. The van der Waals surface area contributed by atoms with Gasteiger partial charge in [0.15, 0.2) is 0 Å². The normalized spacial score (nSPS) is 20.2. The van der Waals surface area contributed by atoms with E-state index < -0.39 is 0 Å². The van der Waals surface area contributed by atoms with Crippen molar-refractivity contribution in [3.05, 3.63) is 174 Å². The molecule has 0 bridgehead atoms. The molecule has 0 saturated carbocycles. The van der Waals surface area contributed by atoms with E-state index in [0.29, 0.717) is 0 Å². The summed E-state index contributed by atoms with van der Waals surface area (Å²) in [5, 5.41) is 9.98. The van der Waals surface area contributed by atoms with Crippen molar-refractivity contribution in [1.82, 2.24) is 0 Å². The van der Waals surface area contributed by atoms with Gasteiger partial charge in [0, 0.05) is 33.9 Å². The Morgan fingerprint density at radius 1 is 0.596 bits per heavy atom. The van der Waals surface area contributed by atoms with Crippen molar-refractivity contribution in [2.45, 2.75) is 32.7 Å². The molecule has 0 amide bonds. The van der Waals surface area contributed by atoms with Crippen LogP contribution in [-0.2, 0) is 0 Å². The third-order valence-corrected chi connectivity index (χ3v) is 11.5. The second-order valence-electron chi connectivity index (χ2n) is 14.5. The summed E-state index contributed by atoms with van der Waals surface area (Å²) in [5.41, 5.74) is 10.5. The van der Waals surface area contributed by atoms with Gasteiger partial charge in [-0.1, -0.05) is 153 Å². The van der Waals surface area contributed by atoms with E-state index in [1.54, 1.807) is 0 Å². The van der Waals surface area contributed by atoms with Gasteiger partial charge >= 0.3 is 0 Å². The van der Waals surface area contributed by atoms with Crippen LogP contribution >= 0.6 is 0 Å². The molecule has 2 heteroatoms. The zero-order valence-corrected chi connectivity index (χ0v) is 29.5. The summed E-state index contributed by atoms with van der Waals surface area (Å²) in [6.45, 7) is 4.65. The van der Waals surface area contributed by atoms with E-state index in [0.717, 1.165) is 35.1 Å². The minimum Gasteiger partial charge on any atom is -0.455 e. The molecule has 8 aromatic carbocycles. The molecule has 1 aliphatic heterocycles. The fraction of sp³-hybridized carbons (Fsp3) is 0.140. The highest BCUT2D eigenvalue weighted by atomic mass is 16.3. The van der Waals surface area contributed by atoms with Crippen LogP contribution < -0.4 is 0 Å². The molecule has 9 aromatic rings. The van der Waals surface area contributed by atoms with E-state index in [1.165, 1.54) is 71.1 Å². The minimum atomic E-state index is -0.0103. The number of aliphatic imine (C=N–C) groups is 1. The van der Waals surface area contributed by atoms with Crippen molar-refractivity contribution in [3.63, 3.8) is 0 Å². The number of rotatable bonds is 5. The van der Waals surface area contributed by atoms with Crippen LogP contribution in [0.1, 0.15) is 49.4 Å². The van der Waals surface area contributed by atoms with Gasteiger partial charge in [0.05, 0.1) is 6.04 Å². The van der Waals surface area contributed by atoms with Gasteiger partial charge < -0.3 is 4.42 Å². The van der Waals surface area contributed by atoms with E-state index in [1.807, 2.05) is 0 Å². The smallest absolute Gasteiger partial charge is 0.143 e. The van der Waals surface area contributed by atoms with Gasteiger partial charge in [-0.05, 0) is 91.2 Å². The summed E-state index contributed by atoms with van der Waals surface area (Å²) in [7, 11) is 0. The standard InChI is InChI=1S/C50H39NO/c1-3-38-39(33-13-5-4-6-14-33)27-20-31(2)48(51-49(38)37-26-21-32-12-7-8-15-36(32)30-37)35-24-22-34(23-25-35)40-28-29-44-42-17-10-9-16-41(42)43-18-11-19-45-46(43)47(44)50(40)52-45/h4-19,21-31,38,49H,3,20H2,1-2H3/b39-27+,51-48+. The maximum atomic E-state index is 6.70. The molecule has 1 aromatic heterocycles. The number of benzene rings is 8. The molecule has 1 aliphatic rings. The predicted molar refractivity (Wildman–Crippen MR) is 221 cm³/mol. The van der Waals surface area contributed by atoms with Gasteiger partial charge in [0.25, 0.3) is 0 Å². The van der Waals surface area contributed by atoms with Crippen molar-refractivity contribution in [3.8, 4) is 11.1 Å². The molecule has 10 rings (SSSR count). The predicted octanol–water partition coefficient (Wildman–Crippen LogP) is 13.8. The van der Waals surface area contributed by atoms with Crippen LogP contribution in [-0.4, -0.2) is 5.71 Å². The first kappa shape index (κ1) is 30.8. The van der Waals surface area contributed by atoms with Crippen molar-refractivity contribution in [2.24, 2.45) is 16.8 Å². The van der Waals surface area contributed by atoms with Crippen molar-refractivity contribution < 1.29 is 4.42 Å². The second kappa shape index (κ2) is 12.4. The highest BCUT2D eigenvalue weighted by Crippen LogP contribution is 2.46. The summed E-state index contributed by atoms with van der Waals surface area (Å²) in [6.07, 6.45) is 4.44. The summed E-state index contributed by atoms with van der Waals surface area (Å²) in [5.74, 6) is 0.502. The lowest BCUT2D eigenvalue weighted by Gasteiger charge is -2.31. The highest BCUT2D eigenvalue weighted by Gasteiger charge is 2.30. The summed E-state index contributed by atoms with van der Waals surface area (Å²) < 4.78 is 6.70. The van der Waals surface area contributed by atoms with Crippen LogP contribution in [0.4, 0.5) is 0 Å². The van der Waals surface area contributed by atoms with Gasteiger partial charge in [-0.15, -0.1) is 0 Å². The Labute approximate surface area is 304 Å². The lowest BCUT2D eigenvalue weighted by atomic mass is 9.78. The summed E-state index contributed by atoms with van der Waals surface area (Å²) in [6, 6.07) is 55.3. The van der Waals surface area contributed by atoms with Crippen LogP contribution in [0.2, 0.25) is 0 Å². The molecule has 0 fully saturated rings. The average Bonchev–Trinajstić information content (AvgIpc) is 3.60. The third-order valence-electron chi connectivity index (χ3n) is 11.5. The number of allylic oxidation sites excluding steroid dienone is 1. The molecule has 52 heavy (non-hydrogen) atoms. The first-order valence-electron chi connectivity index (χ1n) is 18.7. The van der Waals surface area contributed by atoms with Gasteiger partial charge in [0.1, 0.15) is 11.2 Å². The molecule has 0 aliphatic carbocycles. The lowest BCUT2D eigenvalue weighted by molar-refractivity contribution is 0.514. The van der Waals surface area contributed by atoms with Crippen LogP contribution in [0.25, 0.3) is 71.0 Å². The van der Waals surface area contributed by atoms with E-state index in [9.17, 15) is 0 Å². The fourth-order valence-corrected chi connectivity index (χ4v) is 8.94. The molecular formula is C50H39NO. The van der Waals surface area contributed by atoms with Crippen LogP contribution in [0.3, 0.4) is 0 Å². The zero-order chi connectivity index (χ0) is 34.8. The fourth-order valence-electron chi connectivity index (χ4n) is 8.94. The maximum Gasteiger partial charge on any atom is 0.143 e. The van der Waals surface area contributed by atoms with Crippen molar-refractivity contribution in [1.29, 1.82) is 0 Å². The van der Waals surface area contributed by atoms with Gasteiger partial charge in [-0.25, -0.2) is 0 Å². The van der Waals surface area contributed by atoms with E-state index in [2.05, 4.69) is 172 Å². The Balaban J connectivity index is 1.10. The maximum absolute atomic E-state index is 6.70. The first-order chi connectivity index (χ1) is 25.7. The first-order valence-corrected chi connectivity index (χ1v) is 18.7. The lowest BCUT2D eigenvalue weighted by Crippen LogP contribution is -2.21. The van der Waals surface area contributed by atoms with Gasteiger partial charge in [-0.2, -0.15) is 0 Å². The molecule has 0 radical (unpaired) electrons. The van der Waals surface area contributed by atoms with E-state index >= 15 is 0 Å². The monoisotopic (exact) mass is 669 g/mol. The number of hydrogen-bond acceptors (Lipinski definition) is 2. The van der Waals surface area contributed by atoms with Crippen LogP contribution in [0, 0.1) is 11.8 Å². The average molecular weight is 670 g/mol. The Bertz CT molecular complexity index is 2820. The largest absolute Gasteiger partial charge is 0.455 e. The SMILES string of the molecule is CCC1/C(c2ccccc2)=C/CC(C)/C(c2ccc(-c3ccc4c5ccccc5c5cccc6oc3c4c65)cc2)=N\C1c1ccc2ccccc2c1. The quantitative estimate of drug-likeness (QED) is 0.167. The molecule has 2 heterocycles. The Kier molecular flexibility index (Phi) is 7.32. The number of hydrogen-bond donors (Lipinski definition) is 0. The molecule has 3 unspecified atom stereocenters.